The number of halogens is 4. The minimum Gasteiger partial charge on any atom is -0.493 e. The maximum absolute atomic E-state index is 13.8. The van der Waals surface area contributed by atoms with Crippen molar-refractivity contribution in [2.45, 2.75) is 44.9 Å². The molecule has 0 saturated heterocycles. The van der Waals surface area contributed by atoms with Crippen molar-refractivity contribution in [2.24, 2.45) is 5.73 Å². The highest BCUT2D eigenvalue weighted by Crippen LogP contribution is 2.34. The predicted octanol–water partition coefficient (Wildman–Crippen LogP) is 5.82. The summed E-state index contributed by atoms with van der Waals surface area (Å²) >= 11 is 3.34. The molecule has 0 aliphatic heterocycles. The van der Waals surface area contributed by atoms with Crippen LogP contribution in [0.15, 0.2) is 59.2 Å². The molecule has 188 valence electrons. The van der Waals surface area contributed by atoms with Gasteiger partial charge in [-0.15, -0.1) is 0 Å². The van der Waals surface area contributed by atoms with Crippen molar-refractivity contribution in [1.82, 2.24) is 9.55 Å². The Labute approximate surface area is 210 Å². The fourth-order valence-corrected chi connectivity index (χ4v) is 3.87. The van der Waals surface area contributed by atoms with Gasteiger partial charge in [-0.05, 0) is 38.0 Å². The minimum atomic E-state index is -4.56. The normalized spacial score (nSPS) is 12.4. The number of esters is 1. The van der Waals surface area contributed by atoms with Crippen molar-refractivity contribution in [3.63, 3.8) is 0 Å². The largest absolute Gasteiger partial charge is 0.493 e. The third-order valence-corrected chi connectivity index (χ3v) is 5.79. The number of benzene rings is 2. The summed E-state index contributed by atoms with van der Waals surface area (Å²) in [4.78, 5) is 15.6. The van der Waals surface area contributed by atoms with Gasteiger partial charge in [-0.3, -0.25) is 4.79 Å². The Balaban J connectivity index is 1.74. The Morgan fingerprint density at radius 1 is 1.17 bits per heavy atom. The number of alkyl halides is 3. The molecule has 0 bridgehead atoms. The fourth-order valence-electron chi connectivity index (χ4n) is 3.60. The summed E-state index contributed by atoms with van der Waals surface area (Å²) in [5, 5.41) is 0. The number of aromatic nitrogens is 2. The Kier molecular flexibility index (Phi) is 9.33. The number of ether oxygens (including phenoxy) is 2. The molecule has 3 rings (SSSR count). The molecule has 0 unspecified atom stereocenters. The third kappa shape index (κ3) is 7.57. The second kappa shape index (κ2) is 12.2. The zero-order valence-electron chi connectivity index (χ0n) is 19.2. The summed E-state index contributed by atoms with van der Waals surface area (Å²) in [5.41, 5.74) is 6.28. The van der Waals surface area contributed by atoms with Gasteiger partial charge in [0, 0.05) is 21.6 Å². The van der Waals surface area contributed by atoms with Crippen LogP contribution in [-0.2, 0) is 22.3 Å². The number of hydrogen-bond acceptors (Lipinski definition) is 5. The number of carbonyl (C=O) groups is 1. The highest BCUT2D eigenvalue weighted by Gasteiger charge is 2.36. The molecule has 3 aromatic rings. The van der Waals surface area contributed by atoms with Gasteiger partial charge < -0.3 is 19.8 Å². The van der Waals surface area contributed by atoms with Crippen LogP contribution in [0.25, 0.3) is 11.4 Å². The van der Waals surface area contributed by atoms with Gasteiger partial charge in [0.2, 0.25) is 0 Å². The average molecular weight is 554 g/mol. The van der Waals surface area contributed by atoms with Crippen LogP contribution in [0.3, 0.4) is 0 Å². The maximum atomic E-state index is 13.8. The first-order chi connectivity index (χ1) is 16.7. The van der Waals surface area contributed by atoms with Gasteiger partial charge in [0.1, 0.15) is 17.3 Å². The molecule has 0 saturated carbocycles. The zero-order chi connectivity index (χ0) is 25.4. The summed E-state index contributed by atoms with van der Waals surface area (Å²) < 4.78 is 54.0. The topological polar surface area (TPSA) is 79.4 Å². The van der Waals surface area contributed by atoms with Gasteiger partial charge in [0.25, 0.3) is 0 Å². The fraction of sp³-hybridized carbons (Fsp3) is 0.360. The van der Waals surface area contributed by atoms with Crippen LogP contribution in [-0.4, -0.2) is 34.8 Å². The third-order valence-electron chi connectivity index (χ3n) is 5.26. The van der Waals surface area contributed by atoms with E-state index >= 15 is 0 Å². The Morgan fingerprint density at radius 3 is 2.57 bits per heavy atom. The SMILES string of the molecule is CCOC(=O)C[C@H](N)CCCOc1ccccc1Cn1c(C(F)(F)F)cnc1-c1ccc(Br)cc1. The van der Waals surface area contributed by atoms with Crippen LogP contribution in [0.5, 0.6) is 5.75 Å². The number of imidazole rings is 1. The molecule has 1 heterocycles. The first kappa shape index (κ1) is 26.7. The molecule has 10 heteroatoms. The lowest BCUT2D eigenvalue weighted by atomic mass is 10.1. The molecule has 1 aromatic heterocycles. The van der Waals surface area contributed by atoms with Crippen LogP contribution >= 0.6 is 15.9 Å². The van der Waals surface area contributed by atoms with E-state index in [2.05, 4.69) is 20.9 Å². The van der Waals surface area contributed by atoms with E-state index in [0.29, 0.717) is 42.9 Å². The number of nitrogens with two attached hydrogens (primary N) is 1. The van der Waals surface area contributed by atoms with E-state index in [0.717, 1.165) is 15.2 Å². The van der Waals surface area contributed by atoms with E-state index in [1.807, 2.05) is 0 Å². The van der Waals surface area contributed by atoms with E-state index in [1.165, 1.54) is 0 Å². The molecule has 6 nitrogen and oxygen atoms in total. The molecule has 0 aliphatic carbocycles. The number of nitrogens with zero attached hydrogens (tertiary/aromatic N) is 2. The summed E-state index contributed by atoms with van der Waals surface area (Å²) in [5.74, 6) is 0.355. The molecule has 0 fully saturated rings. The summed E-state index contributed by atoms with van der Waals surface area (Å²) in [6.07, 6.45) is -2.45. The standard InChI is InChI=1S/C25H27BrF3N3O3/c1-2-34-23(33)14-20(30)7-5-13-35-21-8-4-3-6-18(21)16-32-22(25(27,28)29)15-31-24(32)17-9-11-19(26)12-10-17/h3-4,6,8-12,15,20H,2,5,7,13-14,16,30H2,1H3/t20-/m1/s1. The van der Waals surface area contributed by atoms with E-state index in [1.54, 1.807) is 55.5 Å². The van der Waals surface area contributed by atoms with E-state index in [9.17, 15) is 18.0 Å². The molecule has 0 amide bonds. The second-order valence-corrected chi connectivity index (χ2v) is 8.84. The maximum Gasteiger partial charge on any atom is 0.433 e. The molecule has 2 N–H and O–H groups in total. The van der Waals surface area contributed by atoms with Crippen molar-refractivity contribution in [3.8, 4) is 17.1 Å². The van der Waals surface area contributed by atoms with Gasteiger partial charge in [-0.1, -0.05) is 46.3 Å². The molecule has 0 spiro atoms. The van der Waals surface area contributed by atoms with Gasteiger partial charge in [0.15, 0.2) is 0 Å². The molecule has 0 aliphatic rings. The molecule has 1 atom stereocenters. The van der Waals surface area contributed by atoms with E-state index in [4.69, 9.17) is 15.2 Å². The minimum absolute atomic E-state index is 0.0706. The van der Waals surface area contributed by atoms with Crippen LogP contribution < -0.4 is 10.5 Å². The van der Waals surface area contributed by atoms with Gasteiger partial charge >= 0.3 is 12.1 Å². The molecular weight excluding hydrogens is 527 g/mol. The quantitative estimate of drug-likeness (QED) is 0.239. The molecule has 35 heavy (non-hydrogen) atoms. The Morgan fingerprint density at radius 2 is 1.89 bits per heavy atom. The lowest BCUT2D eigenvalue weighted by Gasteiger charge is -2.17. The van der Waals surface area contributed by atoms with Crippen LogP contribution in [0.1, 0.15) is 37.4 Å². The monoisotopic (exact) mass is 553 g/mol. The van der Waals surface area contributed by atoms with Crippen molar-refractivity contribution < 1.29 is 27.4 Å². The number of hydrogen-bond donors (Lipinski definition) is 1. The molecule has 2 aromatic carbocycles. The Hall–Kier alpha value is -2.85. The van der Waals surface area contributed by atoms with Gasteiger partial charge in [-0.25, -0.2) is 4.98 Å². The van der Waals surface area contributed by atoms with Crippen molar-refractivity contribution >= 4 is 21.9 Å². The van der Waals surface area contributed by atoms with Crippen molar-refractivity contribution in [2.75, 3.05) is 13.2 Å². The average Bonchev–Trinajstić information content (AvgIpc) is 3.22. The van der Waals surface area contributed by atoms with E-state index in [-0.39, 0.29) is 30.8 Å². The zero-order valence-corrected chi connectivity index (χ0v) is 20.8. The summed E-state index contributed by atoms with van der Waals surface area (Å²) in [6, 6.07) is 13.6. The predicted molar refractivity (Wildman–Crippen MR) is 130 cm³/mol. The first-order valence-electron chi connectivity index (χ1n) is 11.2. The summed E-state index contributed by atoms with van der Waals surface area (Å²) in [7, 11) is 0. The first-order valence-corrected chi connectivity index (χ1v) is 12.0. The highest BCUT2D eigenvalue weighted by atomic mass is 79.9. The van der Waals surface area contributed by atoms with Crippen molar-refractivity contribution in [3.05, 3.63) is 70.5 Å². The second-order valence-electron chi connectivity index (χ2n) is 7.93. The lowest BCUT2D eigenvalue weighted by molar-refractivity contribution is -0.144. The van der Waals surface area contributed by atoms with Crippen LogP contribution in [0, 0.1) is 0 Å². The smallest absolute Gasteiger partial charge is 0.433 e. The van der Waals surface area contributed by atoms with Crippen LogP contribution in [0.4, 0.5) is 13.2 Å². The summed E-state index contributed by atoms with van der Waals surface area (Å²) in [6.45, 7) is 2.28. The molecular formula is C25H27BrF3N3O3. The van der Waals surface area contributed by atoms with Crippen LogP contribution in [0.2, 0.25) is 0 Å². The lowest BCUT2D eigenvalue weighted by Crippen LogP contribution is -2.25. The van der Waals surface area contributed by atoms with Gasteiger partial charge in [0.05, 0.1) is 32.4 Å². The highest BCUT2D eigenvalue weighted by molar-refractivity contribution is 9.10. The number of para-hydroxylation sites is 1. The van der Waals surface area contributed by atoms with Crippen molar-refractivity contribution in [1.29, 1.82) is 0 Å². The molecule has 0 radical (unpaired) electrons. The number of carbonyl (C=O) groups excluding carboxylic acids is 1. The van der Waals surface area contributed by atoms with Gasteiger partial charge in [-0.2, -0.15) is 13.2 Å². The Bertz CT molecular complexity index is 1120. The number of rotatable bonds is 11. The van der Waals surface area contributed by atoms with E-state index < -0.39 is 11.9 Å².